The van der Waals surface area contributed by atoms with E-state index in [0.717, 1.165) is 12.0 Å². The maximum absolute atomic E-state index is 11.7. The fourth-order valence-corrected chi connectivity index (χ4v) is 2.61. The molecule has 0 saturated heterocycles. The number of nitrogens with zero attached hydrogens (tertiary/aromatic N) is 2. The van der Waals surface area contributed by atoms with E-state index < -0.39 is 10.0 Å². The first-order valence-corrected chi connectivity index (χ1v) is 7.07. The molecule has 16 heavy (non-hydrogen) atoms. The lowest BCUT2D eigenvalue weighted by Gasteiger charge is -2.19. The Morgan fingerprint density at radius 2 is 1.88 bits per heavy atom. The molecule has 0 fully saturated rings. The summed E-state index contributed by atoms with van der Waals surface area (Å²) >= 11 is 0. The van der Waals surface area contributed by atoms with Gasteiger partial charge in [-0.05, 0) is 31.0 Å². The Hall–Kier alpha value is -0.940. The molecule has 1 heterocycles. The Balaban J connectivity index is 2.60. The molecule has 0 aliphatic heterocycles. The molecule has 0 N–H and O–H groups in total. The quantitative estimate of drug-likeness (QED) is 0.755. The van der Waals surface area contributed by atoms with Crippen molar-refractivity contribution in [3.63, 3.8) is 0 Å². The van der Waals surface area contributed by atoms with E-state index in [1.807, 2.05) is 19.1 Å². The zero-order valence-corrected chi connectivity index (χ0v) is 10.6. The van der Waals surface area contributed by atoms with Crippen molar-refractivity contribution in [2.45, 2.75) is 20.3 Å². The minimum Gasteiger partial charge on any atom is -0.265 e. The fourth-order valence-electron chi connectivity index (χ4n) is 1.48. The Morgan fingerprint density at radius 1 is 1.25 bits per heavy atom. The molecule has 0 unspecified atom stereocenters. The van der Waals surface area contributed by atoms with Crippen LogP contribution >= 0.6 is 0 Å². The van der Waals surface area contributed by atoms with Gasteiger partial charge in [-0.1, -0.05) is 6.92 Å². The van der Waals surface area contributed by atoms with Crippen molar-refractivity contribution in [1.82, 2.24) is 9.29 Å². The SMILES string of the molecule is CCN(CCc1ccncc1)S(=O)(=O)CC. The Bertz CT molecular complexity index is 403. The average Bonchev–Trinajstić information content (AvgIpc) is 2.31. The van der Waals surface area contributed by atoms with Crippen LogP contribution in [-0.4, -0.2) is 36.5 Å². The third-order valence-electron chi connectivity index (χ3n) is 2.51. The van der Waals surface area contributed by atoms with Crippen LogP contribution in [0.4, 0.5) is 0 Å². The summed E-state index contributed by atoms with van der Waals surface area (Å²) in [4.78, 5) is 3.93. The van der Waals surface area contributed by atoms with Crippen molar-refractivity contribution in [2.24, 2.45) is 0 Å². The number of likely N-dealkylation sites (N-methyl/N-ethyl adjacent to an activating group) is 1. The summed E-state index contributed by atoms with van der Waals surface area (Å²) in [5.74, 6) is 0.164. The molecule has 0 radical (unpaired) electrons. The van der Waals surface area contributed by atoms with Gasteiger partial charge in [0.05, 0.1) is 5.75 Å². The standard InChI is InChI=1S/C11H18N2O2S/c1-3-13(16(14,15)4-2)10-7-11-5-8-12-9-6-11/h5-6,8-9H,3-4,7,10H2,1-2H3. The van der Waals surface area contributed by atoms with Crippen LogP contribution in [0.3, 0.4) is 0 Å². The van der Waals surface area contributed by atoms with Crippen LogP contribution in [-0.2, 0) is 16.4 Å². The molecule has 0 atom stereocenters. The van der Waals surface area contributed by atoms with Crippen LogP contribution in [0.5, 0.6) is 0 Å². The van der Waals surface area contributed by atoms with Crippen molar-refractivity contribution >= 4 is 10.0 Å². The van der Waals surface area contributed by atoms with Gasteiger partial charge >= 0.3 is 0 Å². The highest BCUT2D eigenvalue weighted by Crippen LogP contribution is 2.05. The number of pyridine rings is 1. The van der Waals surface area contributed by atoms with Gasteiger partial charge in [0.15, 0.2) is 0 Å². The lowest BCUT2D eigenvalue weighted by Crippen LogP contribution is -2.33. The molecule has 1 rings (SSSR count). The molecule has 90 valence electrons. The molecule has 0 aliphatic rings. The topological polar surface area (TPSA) is 50.3 Å². The third kappa shape index (κ3) is 3.57. The van der Waals surface area contributed by atoms with Crippen LogP contribution in [0.1, 0.15) is 19.4 Å². The molecule has 1 aromatic rings. The number of hydrogen-bond donors (Lipinski definition) is 0. The first-order valence-electron chi connectivity index (χ1n) is 5.47. The first kappa shape index (κ1) is 13.1. The van der Waals surface area contributed by atoms with Crippen LogP contribution < -0.4 is 0 Å². The molecule has 0 spiro atoms. The highest BCUT2D eigenvalue weighted by atomic mass is 32.2. The number of aromatic nitrogens is 1. The first-order chi connectivity index (χ1) is 7.60. The number of sulfonamides is 1. The Labute approximate surface area is 97.4 Å². The van der Waals surface area contributed by atoms with Gasteiger partial charge in [0, 0.05) is 25.5 Å². The molecule has 0 saturated carbocycles. The van der Waals surface area contributed by atoms with Gasteiger partial charge in [-0.15, -0.1) is 0 Å². The van der Waals surface area contributed by atoms with Gasteiger partial charge in [-0.25, -0.2) is 12.7 Å². The molecular weight excluding hydrogens is 224 g/mol. The van der Waals surface area contributed by atoms with E-state index in [1.165, 1.54) is 4.31 Å². The van der Waals surface area contributed by atoms with E-state index >= 15 is 0 Å². The highest BCUT2D eigenvalue weighted by Gasteiger charge is 2.17. The van der Waals surface area contributed by atoms with Crippen molar-refractivity contribution in [1.29, 1.82) is 0 Å². The molecule has 0 aromatic carbocycles. The molecule has 0 aliphatic carbocycles. The zero-order valence-electron chi connectivity index (χ0n) is 9.76. The maximum Gasteiger partial charge on any atom is 0.213 e. The lowest BCUT2D eigenvalue weighted by atomic mass is 10.2. The van der Waals surface area contributed by atoms with Gasteiger partial charge in [0.25, 0.3) is 0 Å². The predicted octanol–water partition coefficient (Wildman–Crippen LogP) is 1.30. The van der Waals surface area contributed by atoms with E-state index in [9.17, 15) is 8.42 Å². The highest BCUT2D eigenvalue weighted by molar-refractivity contribution is 7.89. The van der Waals surface area contributed by atoms with Gasteiger partial charge in [-0.3, -0.25) is 4.98 Å². The molecule has 5 heteroatoms. The van der Waals surface area contributed by atoms with Crippen molar-refractivity contribution in [3.05, 3.63) is 30.1 Å². The summed E-state index contributed by atoms with van der Waals surface area (Å²) in [5.41, 5.74) is 1.11. The van der Waals surface area contributed by atoms with Gasteiger partial charge < -0.3 is 0 Å². The Morgan fingerprint density at radius 3 is 2.38 bits per heavy atom. The molecule has 0 amide bonds. The molecule has 4 nitrogen and oxygen atoms in total. The van der Waals surface area contributed by atoms with E-state index in [1.54, 1.807) is 19.3 Å². The minimum atomic E-state index is -3.06. The van der Waals surface area contributed by atoms with Crippen molar-refractivity contribution in [3.8, 4) is 0 Å². The van der Waals surface area contributed by atoms with Gasteiger partial charge in [-0.2, -0.15) is 0 Å². The summed E-state index contributed by atoms with van der Waals surface area (Å²) in [7, 11) is -3.06. The fraction of sp³-hybridized carbons (Fsp3) is 0.545. The normalized spacial score (nSPS) is 11.9. The maximum atomic E-state index is 11.7. The number of hydrogen-bond acceptors (Lipinski definition) is 3. The zero-order chi connectivity index (χ0) is 12.0. The van der Waals surface area contributed by atoms with Crippen LogP contribution in [0.15, 0.2) is 24.5 Å². The second-order valence-corrected chi connectivity index (χ2v) is 5.76. The second-order valence-electron chi connectivity index (χ2n) is 3.50. The van der Waals surface area contributed by atoms with Crippen LogP contribution in [0.2, 0.25) is 0 Å². The Kier molecular flexibility index (Phi) is 4.89. The number of rotatable bonds is 6. The molecule has 0 bridgehead atoms. The van der Waals surface area contributed by atoms with Crippen molar-refractivity contribution in [2.75, 3.05) is 18.8 Å². The summed E-state index contributed by atoms with van der Waals surface area (Å²) in [6, 6.07) is 3.82. The van der Waals surface area contributed by atoms with Crippen LogP contribution in [0, 0.1) is 0 Å². The lowest BCUT2D eigenvalue weighted by molar-refractivity contribution is 0.432. The third-order valence-corrected chi connectivity index (χ3v) is 4.47. The van der Waals surface area contributed by atoms with E-state index in [4.69, 9.17) is 0 Å². The van der Waals surface area contributed by atoms with E-state index in [-0.39, 0.29) is 5.75 Å². The minimum absolute atomic E-state index is 0.164. The van der Waals surface area contributed by atoms with E-state index in [2.05, 4.69) is 4.98 Å². The van der Waals surface area contributed by atoms with Gasteiger partial charge in [0.1, 0.15) is 0 Å². The monoisotopic (exact) mass is 242 g/mol. The van der Waals surface area contributed by atoms with Crippen LogP contribution in [0.25, 0.3) is 0 Å². The van der Waals surface area contributed by atoms with Gasteiger partial charge in [0.2, 0.25) is 10.0 Å². The smallest absolute Gasteiger partial charge is 0.213 e. The summed E-state index contributed by atoms with van der Waals surface area (Å²) in [6.45, 7) is 4.60. The molecule has 1 aromatic heterocycles. The second kappa shape index (κ2) is 5.96. The summed E-state index contributed by atoms with van der Waals surface area (Å²) < 4.78 is 24.9. The largest absolute Gasteiger partial charge is 0.265 e. The average molecular weight is 242 g/mol. The predicted molar refractivity (Wildman–Crippen MR) is 64.6 cm³/mol. The molecular formula is C11H18N2O2S. The van der Waals surface area contributed by atoms with E-state index in [0.29, 0.717) is 13.1 Å². The van der Waals surface area contributed by atoms with Crippen molar-refractivity contribution < 1.29 is 8.42 Å². The summed E-state index contributed by atoms with van der Waals surface area (Å²) in [6.07, 6.45) is 4.18. The summed E-state index contributed by atoms with van der Waals surface area (Å²) in [5, 5.41) is 0.